The van der Waals surface area contributed by atoms with Crippen LogP contribution < -0.4 is 10.2 Å². The van der Waals surface area contributed by atoms with Crippen LogP contribution in [0.2, 0.25) is 0 Å². The Bertz CT molecular complexity index is 1470. The first-order valence-corrected chi connectivity index (χ1v) is 28.7. The van der Waals surface area contributed by atoms with Gasteiger partial charge in [-0.1, -0.05) is 226 Å². The summed E-state index contributed by atoms with van der Waals surface area (Å²) in [5.74, 6) is -0.268. The van der Waals surface area contributed by atoms with Gasteiger partial charge in [0.05, 0.1) is 39.9 Å². The highest BCUT2D eigenvalue weighted by Crippen LogP contribution is 2.38. The van der Waals surface area contributed by atoms with Crippen molar-refractivity contribution in [3.8, 4) is 0 Å². The van der Waals surface area contributed by atoms with Gasteiger partial charge in [-0.05, 0) is 83.5 Å². The maximum Gasteiger partial charge on any atom is 0.268 e. The van der Waals surface area contributed by atoms with Crippen molar-refractivity contribution in [2.45, 2.75) is 219 Å². The van der Waals surface area contributed by atoms with Gasteiger partial charge >= 0.3 is 0 Å². The fourth-order valence-corrected chi connectivity index (χ4v) is 7.94. The molecule has 390 valence electrons. The van der Waals surface area contributed by atoms with E-state index in [0.717, 1.165) is 70.6 Å². The lowest BCUT2D eigenvalue weighted by Gasteiger charge is -2.29. The van der Waals surface area contributed by atoms with Gasteiger partial charge < -0.3 is 28.8 Å². The normalized spacial score (nSPS) is 14.9. The van der Waals surface area contributed by atoms with Crippen LogP contribution in [0.5, 0.6) is 0 Å². The lowest BCUT2D eigenvalue weighted by Crippen LogP contribution is -2.45. The Morgan fingerprint density at radius 2 is 0.912 bits per heavy atom. The number of likely N-dealkylation sites (N-methyl/N-ethyl adjacent to an activating group) is 1. The van der Waals surface area contributed by atoms with Gasteiger partial charge in [0.15, 0.2) is 0 Å². The largest absolute Gasteiger partial charge is 0.756 e. The Morgan fingerprint density at radius 1 is 0.529 bits per heavy atom. The molecule has 0 heterocycles. The monoisotopic (exact) mass is 967 g/mol. The van der Waals surface area contributed by atoms with E-state index in [1.807, 2.05) is 27.2 Å². The van der Waals surface area contributed by atoms with E-state index >= 15 is 0 Å². The van der Waals surface area contributed by atoms with Crippen molar-refractivity contribution in [1.29, 1.82) is 0 Å². The minimum atomic E-state index is -4.63. The molecule has 0 aromatic carbocycles. The van der Waals surface area contributed by atoms with Crippen LogP contribution >= 0.6 is 7.82 Å². The molecule has 0 aliphatic heterocycles. The Kier molecular flexibility index (Phi) is 47.1. The predicted octanol–water partition coefficient (Wildman–Crippen LogP) is 15.8. The van der Waals surface area contributed by atoms with Crippen molar-refractivity contribution >= 4 is 13.7 Å². The van der Waals surface area contributed by atoms with Crippen LogP contribution in [-0.4, -0.2) is 68.5 Å². The van der Waals surface area contributed by atoms with Gasteiger partial charge in [0.1, 0.15) is 13.2 Å². The number of carbonyl (C=O) groups excluding carboxylic acids is 1. The molecule has 0 saturated heterocycles. The van der Waals surface area contributed by atoms with Gasteiger partial charge in [-0.25, -0.2) is 0 Å². The van der Waals surface area contributed by atoms with Gasteiger partial charge in [-0.15, -0.1) is 0 Å². The highest BCUT2D eigenvalue weighted by molar-refractivity contribution is 7.45. The molecule has 0 aliphatic rings. The third-order valence-electron chi connectivity index (χ3n) is 11.5. The molecule has 0 aromatic heterocycles. The third kappa shape index (κ3) is 51.0. The van der Waals surface area contributed by atoms with E-state index in [1.54, 1.807) is 6.08 Å². The second kappa shape index (κ2) is 49.2. The van der Waals surface area contributed by atoms with Crippen LogP contribution in [0, 0.1) is 0 Å². The molecular weight excluding hydrogens is 864 g/mol. The second-order valence-corrected chi connectivity index (χ2v) is 20.6. The van der Waals surface area contributed by atoms with Gasteiger partial charge in [-0.3, -0.25) is 9.36 Å². The number of phosphoric ester groups is 1. The van der Waals surface area contributed by atoms with E-state index < -0.39 is 26.6 Å². The highest BCUT2D eigenvalue weighted by atomic mass is 31.2. The van der Waals surface area contributed by atoms with Crippen molar-refractivity contribution in [2.24, 2.45) is 0 Å². The maximum absolute atomic E-state index is 12.9. The maximum atomic E-state index is 12.9. The molecule has 1 amide bonds. The molecule has 0 radical (unpaired) electrons. The summed E-state index contributed by atoms with van der Waals surface area (Å²) in [5, 5.41) is 13.8. The number of hydrogen-bond acceptors (Lipinski definition) is 6. The molecule has 0 fully saturated rings. The molecule has 2 N–H and O–H groups in total. The number of aliphatic hydroxyl groups is 1. The number of hydrogen-bond donors (Lipinski definition) is 2. The zero-order valence-corrected chi connectivity index (χ0v) is 45.2. The third-order valence-corrected chi connectivity index (χ3v) is 12.4. The summed E-state index contributed by atoms with van der Waals surface area (Å²) in [5.41, 5.74) is 0. The number of rotatable bonds is 48. The lowest BCUT2D eigenvalue weighted by atomic mass is 10.0. The summed E-state index contributed by atoms with van der Waals surface area (Å²) in [6.45, 7) is 4.46. The van der Waals surface area contributed by atoms with Crippen LogP contribution in [0.4, 0.5) is 0 Å². The summed E-state index contributed by atoms with van der Waals surface area (Å²) >= 11 is 0. The van der Waals surface area contributed by atoms with Crippen molar-refractivity contribution in [1.82, 2.24) is 5.32 Å². The molecule has 3 unspecified atom stereocenters. The summed E-state index contributed by atoms with van der Waals surface area (Å²) in [6, 6.07) is -0.943. The zero-order chi connectivity index (χ0) is 49.9. The minimum absolute atomic E-state index is 0.0234. The second-order valence-electron chi connectivity index (χ2n) is 19.2. The molecule has 0 saturated carbocycles. The average Bonchev–Trinajstić information content (AvgIpc) is 3.30. The Labute approximate surface area is 419 Å². The number of quaternary nitrogens is 1. The number of unbranched alkanes of at least 4 members (excludes halogenated alkanes) is 19. The molecule has 0 spiro atoms. The number of nitrogens with one attached hydrogen (secondary N) is 1. The molecule has 68 heavy (non-hydrogen) atoms. The SMILES string of the molecule is CC/C=C\C/C=C\C/C=C\C/C=C\C/C=C\C/C=C\C/C=C\CCCC(=O)NC(COP(=O)([O-])OCC[N+](C)(C)C)C(O)/C=C/CC/C=C/CCCCCCCCCCCCCCCCCCC. The fourth-order valence-electron chi connectivity index (χ4n) is 7.22. The van der Waals surface area contributed by atoms with Gasteiger partial charge in [-0.2, -0.15) is 0 Å². The number of amides is 1. The van der Waals surface area contributed by atoms with Crippen molar-refractivity contribution in [2.75, 3.05) is 40.9 Å². The zero-order valence-electron chi connectivity index (χ0n) is 44.3. The van der Waals surface area contributed by atoms with Crippen LogP contribution in [0.3, 0.4) is 0 Å². The molecule has 0 rings (SSSR count). The number of phosphoric acid groups is 1. The molecular formula is C59H103N2O6P. The Morgan fingerprint density at radius 3 is 1.37 bits per heavy atom. The Balaban J connectivity index is 4.45. The highest BCUT2D eigenvalue weighted by Gasteiger charge is 2.23. The topological polar surface area (TPSA) is 108 Å². The van der Waals surface area contributed by atoms with Crippen LogP contribution in [0.25, 0.3) is 0 Å². The quantitative estimate of drug-likeness (QED) is 0.0272. The van der Waals surface area contributed by atoms with Crippen molar-refractivity contribution in [3.63, 3.8) is 0 Å². The molecule has 0 bridgehead atoms. The predicted molar refractivity (Wildman–Crippen MR) is 292 cm³/mol. The van der Waals surface area contributed by atoms with Crippen LogP contribution in [-0.2, 0) is 18.4 Å². The van der Waals surface area contributed by atoms with Gasteiger partial charge in [0.2, 0.25) is 5.91 Å². The molecule has 0 aliphatic carbocycles. The molecule has 0 aromatic rings. The van der Waals surface area contributed by atoms with E-state index in [4.69, 9.17) is 9.05 Å². The number of carbonyl (C=O) groups is 1. The van der Waals surface area contributed by atoms with E-state index in [0.29, 0.717) is 17.4 Å². The minimum Gasteiger partial charge on any atom is -0.756 e. The standard InChI is InChI=1S/C59H103N2O6P/c1-6-8-10-12-14-16-18-20-22-24-26-28-30-32-34-36-38-40-42-44-46-48-50-52-58(62)57(56-67-68(64,65)66-55-54-61(3,4)5)60-59(63)53-51-49-47-45-43-41-39-37-35-33-31-29-27-25-23-21-19-17-15-13-11-9-7-2/h9,11,15,17,21,23,27,29,33,35,39,41-42,44-45,47,50,52,57-58,62H,6-8,10,12-14,16,18-20,22,24-26,28,30-32,34,36-38,40,43,46,48-49,51,53-56H2,1-5H3,(H-,60,63,64,65)/b11-9-,17-15-,23-21-,29-27-,35-33-,41-39-,44-42+,47-45-,52-50+. The summed E-state index contributed by atoms with van der Waals surface area (Å²) in [7, 11) is 1.19. The van der Waals surface area contributed by atoms with Crippen molar-refractivity contribution in [3.05, 3.63) is 109 Å². The molecule has 9 heteroatoms. The van der Waals surface area contributed by atoms with E-state index in [9.17, 15) is 19.4 Å². The van der Waals surface area contributed by atoms with Gasteiger partial charge in [0, 0.05) is 6.42 Å². The van der Waals surface area contributed by atoms with Crippen molar-refractivity contribution < 1.29 is 32.9 Å². The number of allylic oxidation sites excluding steroid dienone is 17. The van der Waals surface area contributed by atoms with E-state index in [1.165, 1.54) is 109 Å². The average molecular weight is 967 g/mol. The van der Waals surface area contributed by atoms with E-state index in [2.05, 4.69) is 116 Å². The lowest BCUT2D eigenvalue weighted by molar-refractivity contribution is -0.870. The molecule has 8 nitrogen and oxygen atoms in total. The first kappa shape index (κ1) is 65.2. The number of nitrogens with zero attached hydrogens (tertiary/aromatic N) is 1. The summed E-state index contributed by atoms with van der Waals surface area (Å²) in [6.07, 6.45) is 71.7. The summed E-state index contributed by atoms with van der Waals surface area (Å²) < 4.78 is 23.3. The first-order valence-electron chi connectivity index (χ1n) is 27.2. The fraction of sp³-hybridized carbons (Fsp3) is 0.678. The number of aliphatic hydroxyl groups excluding tert-OH is 1. The van der Waals surface area contributed by atoms with Gasteiger partial charge in [0.25, 0.3) is 7.82 Å². The summed E-state index contributed by atoms with van der Waals surface area (Å²) in [4.78, 5) is 25.4. The van der Waals surface area contributed by atoms with Crippen LogP contribution in [0.15, 0.2) is 109 Å². The smallest absolute Gasteiger partial charge is 0.268 e. The van der Waals surface area contributed by atoms with E-state index in [-0.39, 0.29) is 18.9 Å². The molecule has 3 atom stereocenters. The van der Waals surface area contributed by atoms with Crippen LogP contribution in [0.1, 0.15) is 206 Å². The Hall–Kier alpha value is -2.84. The first-order chi connectivity index (χ1) is 33.0.